The normalized spacial score (nSPS) is 32.7. The van der Waals surface area contributed by atoms with Gasteiger partial charge in [-0.1, -0.05) is 45.9 Å². The highest BCUT2D eigenvalue weighted by Crippen LogP contribution is 2.48. The van der Waals surface area contributed by atoms with Gasteiger partial charge in [0.1, 0.15) is 29.6 Å². The van der Waals surface area contributed by atoms with Crippen LogP contribution >= 0.6 is 0 Å². The molecule has 1 aromatic carbocycles. The van der Waals surface area contributed by atoms with Gasteiger partial charge >= 0.3 is 11.8 Å². The third-order valence-corrected chi connectivity index (χ3v) is 11.9. The third-order valence-electron chi connectivity index (χ3n) is 11.9. The van der Waals surface area contributed by atoms with Crippen molar-refractivity contribution in [2.75, 3.05) is 20.2 Å². The molecule has 5 aliphatic rings. The van der Waals surface area contributed by atoms with E-state index in [9.17, 15) is 39.3 Å². The van der Waals surface area contributed by atoms with Gasteiger partial charge in [-0.15, -0.1) is 5.10 Å². The molecule has 0 aromatic heterocycles. The molecule has 6 rings (SSSR count). The summed E-state index contributed by atoms with van der Waals surface area (Å²) in [5.74, 6) is -9.56. The van der Waals surface area contributed by atoms with Crippen LogP contribution in [0.1, 0.15) is 104 Å². The molecule has 0 radical (unpaired) electrons. The van der Waals surface area contributed by atoms with Gasteiger partial charge in [-0.05, 0) is 39.2 Å². The number of likely N-dealkylation sites (tertiary alicyclic amines) is 1. The van der Waals surface area contributed by atoms with Gasteiger partial charge in [-0.2, -0.15) is 5.10 Å². The number of aliphatic hydroxyl groups excluding tert-OH is 2. The first-order chi connectivity index (χ1) is 28.3. The zero-order valence-electron chi connectivity index (χ0n) is 35.6. The average Bonchev–Trinajstić information content (AvgIpc) is 3.48. The highest BCUT2D eigenvalue weighted by molar-refractivity contribution is 6.37. The minimum absolute atomic E-state index is 0.0269. The number of aliphatic hydroxyl groups is 2. The Morgan fingerprint density at radius 2 is 1.62 bits per heavy atom. The lowest BCUT2D eigenvalue weighted by Crippen LogP contribution is -2.46. The summed E-state index contributed by atoms with van der Waals surface area (Å²) < 4.78 is 23.5. The number of ketones is 3. The van der Waals surface area contributed by atoms with Gasteiger partial charge in [0.15, 0.2) is 5.78 Å². The molecule has 9 atom stereocenters. The molecule has 0 unspecified atom stereocenters. The van der Waals surface area contributed by atoms with Crippen LogP contribution in [0.4, 0.5) is 0 Å². The summed E-state index contributed by atoms with van der Waals surface area (Å²) in [7, 11) is 1.42. The Morgan fingerprint density at radius 1 is 0.933 bits per heavy atom. The number of ether oxygens (including phenoxy) is 4. The van der Waals surface area contributed by atoms with E-state index in [1.54, 1.807) is 39.8 Å². The average molecular weight is 833 g/mol. The molecule has 0 spiro atoms. The number of carbonyl (C=O) groups is 5. The monoisotopic (exact) mass is 832 g/mol. The fourth-order valence-electron chi connectivity index (χ4n) is 8.07. The zero-order valence-corrected chi connectivity index (χ0v) is 35.6. The fourth-order valence-corrected chi connectivity index (χ4v) is 8.07. The number of aromatic hydroxyl groups is 1. The van der Waals surface area contributed by atoms with E-state index >= 15 is 0 Å². The Bertz CT molecular complexity index is 2080. The van der Waals surface area contributed by atoms with Crippen LogP contribution < -0.4 is 10.1 Å². The maximum Gasteiger partial charge on any atom is 0.312 e. The highest BCUT2D eigenvalue weighted by Gasteiger charge is 2.52. The quantitative estimate of drug-likeness (QED) is 0.139. The Hall–Kier alpha value is -5.45. The Labute approximate surface area is 349 Å². The van der Waals surface area contributed by atoms with E-state index in [2.05, 4.69) is 15.5 Å². The molecule has 1 saturated heterocycles. The number of piperidine rings is 1. The van der Waals surface area contributed by atoms with Crippen molar-refractivity contribution in [3.05, 3.63) is 69.7 Å². The van der Waals surface area contributed by atoms with E-state index in [1.165, 1.54) is 53.3 Å². The van der Waals surface area contributed by atoms with E-state index in [-0.39, 0.29) is 28.0 Å². The van der Waals surface area contributed by atoms with Crippen molar-refractivity contribution in [1.29, 1.82) is 0 Å². The first kappa shape index (κ1) is 45.6. The van der Waals surface area contributed by atoms with Crippen molar-refractivity contribution in [3.8, 4) is 11.5 Å². The molecule has 5 bridgehead atoms. The predicted molar refractivity (Wildman–Crippen MR) is 221 cm³/mol. The van der Waals surface area contributed by atoms with Crippen molar-refractivity contribution < 1.29 is 58.2 Å². The van der Waals surface area contributed by atoms with Gasteiger partial charge in [0.2, 0.25) is 5.78 Å². The number of allylic oxidation sites excluding steroid dienone is 4. The van der Waals surface area contributed by atoms with Crippen LogP contribution in [0.5, 0.6) is 11.5 Å². The van der Waals surface area contributed by atoms with E-state index in [0.717, 1.165) is 44.8 Å². The van der Waals surface area contributed by atoms with E-state index in [0.29, 0.717) is 0 Å². The summed E-state index contributed by atoms with van der Waals surface area (Å²) in [5.41, 5.74) is -2.07. The number of rotatable bonds is 5. The van der Waals surface area contributed by atoms with Crippen molar-refractivity contribution in [2.45, 2.75) is 105 Å². The lowest BCUT2D eigenvalue weighted by molar-refractivity contribution is -0.160. The minimum atomic E-state index is -2.11. The maximum absolute atomic E-state index is 14.6. The Morgan fingerprint density at radius 3 is 2.27 bits per heavy atom. The maximum atomic E-state index is 14.6. The second kappa shape index (κ2) is 18.9. The Balaban J connectivity index is 1.65. The number of phenols is 1. The highest BCUT2D eigenvalue weighted by atomic mass is 16.7. The molecule has 4 N–H and O–H groups in total. The molecule has 4 aliphatic heterocycles. The van der Waals surface area contributed by atoms with Gasteiger partial charge in [-0.25, -0.2) is 0 Å². The SMILES string of the molecule is CO[C@H]1/C=C/O[C@@]2(C)Oc3c(C)c(O)c4c(c3C2=O)C(=O)C(/C=N/N=C/N2CCCCC2)=C(NC(=O)/C(C)=C\C=C\[C@H](C)[C@H](O)[C@@H](C)[C@@H](O)[C@@H](C)[C@H](OC(C)=O)[C@@H]1C)C4=O. The van der Waals surface area contributed by atoms with Crippen molar-refractivity contribution in [1.82, 2.24) is 10.2 Å². The number of nitrogens with zero attached hydrogens (tertiary/aromatic N) is 3. The van der Waals surface area contributed by atoms with E-state index < -0.39 is 106 Å². The van der Waals surface area contributed by atoms with E-state index in [4.69, 9.17) is 18.9 Å². The molecule has 0 saturated carbocycles. The summed E-state index contributed by atoms with van der Waals surface area (Å²) in [6.07, 6.45) is 8.90. The fraction of sp³-hybridized carbons (Fsp3) is 0.523. The topological polar surface area (TPSA) is 223 Å². The van der Waals surface area contributed by atoms with Gasteiger partial charge < -0.3 is 44.5 Å². The summed E-state index contributed by atoms with van der Waals surface area (Å²) in [6.45, 7) is 13.8. The second-order valence-electron chi connectivity index (χ2n) is 16.2. The molecule has 16 heteroatoms. The third kappa shape index (κ3) is 9.15. The molecule has 1 amide bonds. The van der Waals surface area contributed by atoms with Crippen LogP contribution in [-0.4, -0.2) is 112 Å². The van der Waals surface area contributed by atoms with Gasteiger partial charge in [0.25, 0.3) is 11.7 Å². The zero-order chi connectivity index (χ0) is 44.2. The number of hydrogen-bond acceptors (Lipinski definition) is 14. The standard InChI is InChI=1S/C44H56N4O12/c1-22-14-13-15-23(2)43(56)47-34-29(20-45-46-21-48-17-11-10-12-18-48)38(53)31-32(39(34)54)37(52)27(6)41-33(31)42(55)44(8,60-41)58-19-16-30(57-9)24(3)40(59-28(7)49)26(5)36(51)25(4)35(22)50/h13-16,19-22,24-26,30,35-36,40,50-52H,10-12,17-18H2,1-9H3,(H,47,56)/b14-13+,19-16+,23-15-,45-20+,46-21+/t22-,24+,25+,26+,30-,35-,36+,40+,44-/m0/s1. The lowest BCUT2D eigenvalue weighted by atomic mass is 9.78. The summed E-state index contributed by atoms with van der Waals surface area (Å²) in [6, 6.07) is 0. The van der Waals surface area contributed by atoms with Crippen LogP contribution in [0.15, 0.2) is 57.6 Å². The predicted octanol–water partition coefficient (Wildman–Crippen LogP) is 4.50. The summed E-state index contributed by atoms with van der Waals surface area (Å²) in [4.78, 5) is 71.3. The number of Topliss-reactive ketones (excluding diaryl/α,β-unsaturated/α-hetero) is 3. The van der Waals surface area contributed by atoms with Crippen molar-refractivity contribution in [2.24, 2.45) is 33.9 Å². The lowest BCUT2D eigenvalue weighted by Gasteiger charge is -2.38. The number of phenolic OH excluding ortho intramolecular Hbond substituents is 1. The number of carbonyl (C=O) groups excluding carboxylic acids is 5. The molecule has 1 aromatic rings. The first-order valence-corrected chi connectivity index (χ1v) is 20.2. The molecule has 4 heterocycles. The van der Waals surface area contributed by atoms with Gasteiger partial charge in [0, 0.05) is 68.9 Å². The van der Waals surface area contributed by atoms with Crippen LogP contribution in [0, 0.1) is 30.6 Å². The molecule has 324 valence electrons. The number of methoxy groups -OCH3 is 1. The summed E-state index contributed by atoms with van der Waals surface area (Å²) in [5, 5.41) is 45.0. The molecule has 16 nitrogen and oxygen atoms in total. The first-order valence-electron chi connectivity index (χ1n) is 20.2. The molecule has 1 aliphatic carbocycles. The molecule has 60 heavy (non-hydrogen) atoms. The molecular formula is C44H56N4O12. The minimum Gasteiger partial charge on any atom is -0.507 e. The van der Waals surface area contributed by atoms with Crippen LogP contribution in [0.25, 0.3) is 0 Å². The van der Waals surface area contributed by atoms with Crippen molar-refractivity contribution >= 4 is 41.8 Å². The number of hydrogen-bond donors (Lipinski definition) is 4. The van der Waals surface area contributed by atoms with Crippen molar-refractivity contribution in [3.63, 3.8) is 0 Å². The smallest absolute Gasteiger partial charge is 0.312 e. The molecule has 1 fully saturated rings. The number of fused-ring (bicyclic) bond motifs is 14. The van der Waals surface area contributed by atoms with Crippen LogP contribution in [-0.2, 0) is 23.8 Å². The number of benzene rings is 1. The van der Waals surface area contributed by atoms with Crippen LogP contribution in [0.2, 0.25) is 0 Å². The Kier molecular flexibility index (Phi) is 14.3. The largest absolute Gasteiger partial charge is 0.507 e. The van der Waals surface area contributed by atoms with Gasteiger partial charge in [0.05, 0.1) is 53.1 Å². The molecular weight excluding hydrogens is 776 g/mol. The van der Waals surface area contributed by atoms with Gasteiger partial charge in [-0.3, -0.25) is 24.0 Å². The number of nitrogens with one attached hydrogen (secondary N) is 1. The second-order valence-corrected chi connectivity index (χ2v) is 16.2. The van der Waals surface area contributed by atoms with Crippen LogP contribution in [0.3, 0.4) is 0 Å². The summed E-state index contributed by atoms with van der Waals surface area (Å²) >= 11 is 0. The van der Waals surface area contributed by atoms with E-state index in [1.807, 2.05) is 4.90 Å². The number of esters is 1. The number of amides is 1.